The second-order valence-electron chi connectivity index (χ2n) is 4.60. The van der Waals surface area contributed by atoms with Crippen molar-refractivity contribution in [1.82, 2.24) is 9.80 Å². The van der Waals surface area contributed by atoms with Gasteiger partial charge < -0.3 is 0 Å². The van der Waals surface area contributed by atoms with Gasteiger partial charge in [-0.2, -0.15) is 0 Å². The van der Waals surface area contributed by atoms with Crippen molar-refractivity contribution >= 4 is 0 Å². The largest absolute Gasteiger partial charge is 0.298 e. The summed E-state index contributed by atoms with van der Waals surface area (Å²) in [5, 5.41) is 0. The molecule has 1 saturated heterocycles. The molecule has 0 unspecified atom stereocenters. The average molecular weight is 190 g/mol. The van der Waals surface area contributed by atoms with E-state index in [4.69, 9.17) is 8.22 Å². The summed E-state index contributed by atoms with van der Waals surface area (Å²) in [6.45, 7) is 1.90. The first-order valence-corrected chi connectivity index (χ1v) is 4.73. The normalized spacial score (nSPS) is 41.1. The lowest BCUT2D eigenvalue weighted by molar-refractivity contribution is 0.0491. The van der Waals surface area contributed by atoms with Gasteiger partial charge in [-0.25, -0.2) is 0 Å². The standard InChI is InChI=1S/C11H24N2/c1-10(2)12-6-8-13(9-7-12)11(3,4)5/h10H,6-9H2,1-5H3/i6D2,7D2,8D2. The maximum Gasteiger partial charge on any atom is 0.0444 e. The first kappa shape index (κ1) is 5.13. The van der Waals surface area contributed by atoms with Crippen molar-refractivity contribution in [3.63, 3.8) is 0 Å². The summed E-state index contributed by atoms with van der Waals surface area (Å²) in [5.41, 5.74) is -0.659. The third kappa shape index (κ3) is 2.96. The van der Waals surface area contributed by atoms with E-state index in [2.05, 4.69) is 0 Å². The number of hydrogen-bond donors (Lipinski definition) is 0. The van der Waals surface area contributed by atoms with Crippen molar-refractivity contribution in [2.45, 2.75) is 46.2 Å². The topological polar surface area (TPSA) is 6.48 Å². The lowest BCUT2D eigenvalue weighted by Gasteiger charge is -2.43. The fourth-order valence-corrected chi connectivity index (χ4v) is 1.06. The molecule has 2 heteroatoms. The van der Waals surface area contributed by atoms with Gasteiger partial charge >= 0.3 is 0 Å². The highest BCUT2D eigenvalue weighted by Crippen LogP contribution is 2.16. The summed E-state index contributed by atoms with van der Waals surface area (Å²) in [6, 6.07) is -0.429. The maximum absolute atomic E-state index is 8.15. The van der Waals surface area contributed by atoms with E-state index in [1.54, 1.807) is 34.6 Å². The molecule has 0 aromatic carbocycles. The molecule has 0 atom stereocenters. The SMILES string of the molecule is [2H]C1([2H])CN(C(C)(C)C)C([2H])([2H])C([2H])([2H])N1C(C)C. The van der Waals surface area contributed by atoms with Gasteiger partial charge in [-0.3, -0.25) is 9.80 Å². The lowest BCUT2D eigenvalue weighted by atomic mass is 10.0. The molecule has 1 fully saturated rings. The van der Waals surface area contributed by atoms with Crippen LogP contribution in [0, 0.1) is 0 Å². The summed E-state index contributed by atoms with van der Waals surface area (Å²) in [7, 11) is 0. The van der Waals surface area contributed by atoms with E-state index < -0.39 is 31.1 Å². The van der Waals surface area contributed by atoms with Crippen LogP contribution in [0.25, 0.3) is 0 Å². The number of nitrogens with zero attached hydrogens (tertiary/aromatic N) is 2. The van der Waals surface area contributed by atoms with Gasteiger partial charge in [-0.1, -0.05) is 0 Å². The Morgan fingerprint density at radius 2 is 1.77 bits per heavy atom. The Morgan fingerprint density at radius 3 is 2.23 bits per heavy atom. The van der Waals surface area contributed by atoms with Crippen molar-refractivity contribution in [3.05, 3.63) is 0 Å². The first-order valence-electron chi connectivity index (χ1n) is 7.73. The highest BCUT2D eigenvalue weighted by molar-refractivity contribution is 4.82. The summed E-state index contributed by atoms with van der Waals surface area (Å²) in [5.74, 6) is 0. The molecule has 0 amide bonds. The third-order valence-corrected chi connectivity index (χ3v) is 2.03. The van der Waals surface area contributed by atoms with Crippen LogP contribution in [0.1, 0.15) is 42.8 Å². The van der Waals surface area contributed by atoms with Crippen molar-refractivity contribution < 1.29 is 8.22 Å². The van der Waals surface area contributed by atoms with E-state index in [1.165, 1.54) is 4.90 Å². The maximum atomic E-state index is 8.15. The lowest BCUT2D eigenvalue weighted by Crippen LogP contribution is -2.54. The molecule has 1 aliphatic rings. The molecule has 1 heterocycles. The Kier molecular flexibility index (Phi) is 1.57. The van der Waals surface area contributed by atoms with Crippen LogP contribution in [-0.4, -0.2) is 47.4 Å². The predicted molar refractivity (Wildman–Crippen MR) is 58.0 cm³/mol. The summed E-state index contributed by atoms with van der Waals surface area (Å²) >= 11 is 0. The van der Waals surface area contributed by atoms with E-state index in [-0.39, 0.29) is 6.54 Å². The van der Waals surface area contributed by atoms with Crippen LogP contribution < -0.4 is 0 Å². The second-order valence-corrected chi connectivity index (χ2v) is 4.60. The van der Waals surface area contributed by atoms with Gasteiger partial charge in [-0.15, -0.1) is 0 Å². The zero-order valence-electron chi connectivity index (χ0n) is 15.2. The van der Waals surface area contributed by atoms with Gasteiger partial charge in [0.2, 0.25) is 0 Å². The molecular weight excluding hydrogens is 160 g/mol. The molecule has 0 N–H and O–H groups in total. The van der Waals surface area contributed by atoms with Crippen LogP contribution in [0.2, 0.25) is 0 Å². The average Bonchev–Trinajstić information content (AvgIpc) is 2.08. The number of rotatable bonds is 1. The van der Waals surface area contributed by atoms with Crippen LogP contribution in [0.3, 0.4) is 0 Å². The number of piperazine rings is 1. The second kappa shape index (κ2) is 3.97. The smallest absolute Gasteiger partial charge is 0.0444 e. The molecule has 0 saturated carbocycles. The zero-order chi connectivity index (χ0) is 15.4. The molecule has 0 aromatic heterocycles. The highest BCUT2D eigenvalue weighted by atomic mass is 15.3. The molecule has 78 valence electrons. The molecule has 0 radical (unpaired) electrons. The summed E-state index contributed by atoms with van der Waals surface area (Å²) in [6.07, 6.45) is 0. The van der Waals surface area contributed by atoms with Crippen molar-refractivity contribution in [2.75, 3.05) is 26.0 Å². The minimum atomic E-state index is -2.41. The Hall–Kier alpha value is -0.0800. The predicted octanol–water partition coefficient (Wildman–Crippen LogP) is 1.81. The van der Waals surface area contributed by atoms with E-state index in [0.717, 1.165) is 4.90 Å². The number of hydrogen-bond acceptors (Lipinski definition) is 2. The van der Waals surface area contributed by atoms with Gasteiger partial charge in [0.05, 0.1) is 0 Å². The minimum Gasteiger partial charge on any atom is -0.298 e. The fourth-order valence-electron chi connectivity index (χ4n) is 1.06. The van der Waals surface area contributed by atoms with E-state index in [9.17, 15) is 0 Å². The highest BCUT2D eigenvalue weighted by Gasteiger charge is 2.26. The third-order valence-electron chi connectivity index (χ3n) is 2.03. The Balaban J connectivity index is 3.38. The molecule has 13 heavy (non-hydrogen) atoms. The Bertz CT molecular complexity index is 348. The van der Waals surface area contributed by atoms with Crippen molar-refractivity contribution in [3.8, 4) is 0 Å². The first-order chi connectivity index (χ1) is 8.15. The van der Waals surface area contributed by atoms with Crippen LogP contribution in [-0.2, 0) is 0 Å². The fraction of sp³-hybridized carbons (Fsp3) is 1.00. The Labute approximate surface area is 91.3 Å². The van der Waals surface area contributed by atoms with Gasteiger partial charge in [0.1, 0.15) is 0 Å². The van der Waals surface area contributed by atoms with Gasteiger partial charge in [0.25, 0.3) is 0 Å². The van der Waals surface area contributed by atoms with Crippen LogP contribution in [0.15, 0.2) is 0 Å². The van der Waals surface area contributed by atoms with Crippen molar-refractivity contribution in [1.29, 1.82) is 0 Å². The zero-order valence-corrected chi connectivity index (χ0v) is 9.18. The van der Waals surface area contributed by atoms with E-state index in [1.807, 2.05) is 0 Å². The molecule has 0 bridgehead atoms. The monoisotopic (exact) mass is 190 g/mol. The van der Waals surface area contributed by atoms with Gasteiger partial charge in [-0.05, 0) is 34.6 Å². The van der Waals surface area contributed by atoms with Gasteiger partial charge in [0.15, 0.2) is 0 Å². The van der Waals surface area contributed by atoms with Gasteiger partial charge in [0, 0.05) is 45.8 Å². The molecular formula is C11H24N2. The van der Waals surface area contributed by atoms with Crippen LogP contribution in [0.5, 0.6) is 0 Å². The quantitative estimate of drug-likeness (QED) is 0.622. The summed E-state index contributed by atoms with van der Waals surface area (Å²) in [4.78, 5) is 2.28. The minimum absolute atomic E-state index is 0.165. The molecule has 2 nitrogen and oxygen atoms in total. The molecule has 0 aromatic rings. The summed E-state index contributed by atoms with van der Waals surface area (Å²) < 4.78 is 48.7. The molecule has 0 spiro atoms. The van der Waals surface area contributed by atoms with Crippen LogP contribution >= 0.6 is 0 Å². The van der Waals surface area contributed by atoms with Crippen molar-refractivity contribution in [2.24, 2.45) is 0 Å². The van der Waals surface area contributed by atoms with E-state index >= 15 is 0 Å². The molecule has 0 aliphatic carbocycles. The molecule has 1 aliphatic heterocycles. The van der Waals surface area contributed by atoms with E-state index in [0.29, 0.717) is 0 Å². The van der Waals surface area contributed by atoms with Crippen LogP contribution in [0.4, 0.5) is 0 Å². The Morgan fingerprint density at radius 1 is 1.15 bits per heavy atom. The molecule has 1 rings (SSSR count).